The molecule has 0 saturated carbocycles. The van der Waals surface area contributed by atoms with Gasteiger partial charge in [-0.3, -0.25) is 0 Å². The maximum atomic E-state index is 5.43. The second-order valence-corrected chi connectivity index (χ2v) is 5.51. The number of halogens is 1. The summed E-state index contributed by atoms with van der Waals surface area (Å²) in [6.07, 6.45) is 3.56. The molecule has 1 aromatic rings. The van der Waals surface area contributed by atoms with Crippen LogP contribution in [0.15, 0.2) is 10.5 Å². The van der Waals surface area contributed by atoms with Gasteiger partial charge in [0.05, 0.1) is 18.7 Å². The highest BCUT2D eigenvalue weighted by Gasteiger charge is 2.21. The smallest absolute Gasteiger partial charge is 0.175 e. The van der Waals surface area contributed by atoms with Crippen molar-refractivity contribution >= 4 is 15.9 Å². The van der Waals surface area contributed by atoms with Crippen molar-refractivity contribution in [3.8, 4) is 11.5 Å². The van der Waals surface area contributed by atoms with Gasteiger partial charge in [0.2, 0.25) is 0 Å². The minimum absolute atomic E-state index is 0.582. The number of methoxy groups -OCH3 is 2. The molecule has 2 rings (SSSR count). The fraction of sp³-hybridized carbons (Fsp3) is 0.571. The van der Waals surface area contributed by atoms with Crippen LogP contribution in [0, 0.1) is 6.92 Å². The number of hydrogen-bond donors (Lipinski definition) is 1. The molecule has 1 saturated heterocycles. The van der Waals surface area contributed by atoms with Crippen molar-refractivity contribution in [2.45, 2.75) is 32.2 Å². The summed E-state index contributed by atoms with van der Waals surface area (Å²) in [6.45, 7) is 3.26. The third-order valence-corrected chi connectivity index (χ3v) is 4.39. The summed E-state index contributed by atoms with van der Waals surface area (Å²) < 4.78 is 11.8. The molecule has 0 aromatic heterocycles. The average Bonchev–Trinajstić information content (AvgIpc) is 2.86. The van der Waals surface area contributed by atoms with Crippen LogP contribution in [-0.4, -0.2) is 26.8 Å². The fourth-order valence-corrected chi connectivity index (χ4v) is 3.37. The Balaban J connectivity index is 2.33. The van der Waals surface area contributed by atoms with Crippen molar-refractivity contribution in [3.05, 3.63) is 21.7 Å². The zero-order valence-corrected chi connectivity index (χ0v) is 12.8. The molecule has 0 bridgehead atoms. The Morgan fingerprint density at radius 1 is 1.39 bits per heavy atom. The number of rotatable bonds is 4. The van der Waals surface area contributed by atoms with Crippen molar-refractivity contribution in [1.82, 2.24) is 5.32 Å². The van der Waals surface area contributed by atoms with Crippen LogP contribution in [0.2, 0.25) is 0 Å². The zero-order chi connectivity index (χ0) is 13.1. The summed E-state index contributed by atoms with van der Waals surface area (Å²) >= 11 is 3.66. The number of hydrogen-bond acceptors (Lipinski definition) is 3. The Bertz CT molecular complexity index is 428. The Hall–Kier alpha value is -0.740. The molecule has 1 N–H and O–H groups in total. The van der Waals surface area contributed by atoms with Gasteiger partial charge in [0.25, 0.3) is 0 Å². The first-order valence-corrected chi connectivity index (χ1v) is 7.10. The van der Waals surface area contributed by atoms with Gasteiger partial charge < -0.3 is 14.8 Å². The molecule has 18 heavy (non-hydrogen) atoms. The minimum atomic E-state index is 0.582. The molecule has 1 unspecified atom stereocenters. The third kappa shape index (κ3) is 2.64. The number of nitrogens with one attached hydrogen (secondary N) is 1. The maximum Gasteiger partial charge on any atom is 0.175 e. The summed E-state index contributed by atoms with van der Waals surface area (Å²) in [6, 6.07) is 2.63. The standard InChI is InChI=1S/C14H20BrNO2/c1-9-7-12(17-2)14(18-3)13(15)11(9)8-10-5-4-6-16-10/h7,10,16H,4-6,8H2,1-3H3. The van der Waals surface area contributed by atoms with Gasteiger partial charge in [-0.1, -0.05) is 0 Å². The fourth-order valence-electron chi connectivity index (χ4n) is 2.54. The molecule has 3 nitrogen and oxygen atoms in total. The molecular formula is C14H20BrNO2. The van der Waals surface area contributed by atoms with Gasteiger partial charge in [-0.05, 0) is 65.9 Å². The van der Waals surface area contributed by atoms with Crippen LogP contribution < -0.4 is 14.8 Å². The van der Waals surface area contributed by atoms with E-state index in [2.05, 4.69) is 28.2 Å². The van der Waals surface area contributed by atoms with Crippen LogP contribution in [-0.2, 0) is 6.42 Å². The van der Waals surface area contributed by atoms with E-state index in [1.165, 1.54) is 24.0 Å². The molecule has 1 aliphatic rings. The van der Waals surface area contributed by atoms with Crippen LogP contribution in [0.1, 0.15) is 24.0 Å². The molecule has 1 aromatic carbocycles. The van der Waals surface area contributed by atoms with Crippen molar-refractivity contribution < 1.29 is 9.47 Å². The second-order valence-electron chi connectivity index (χ2n) is 4.72. The molecule has 0 amide bonds. The molecule has 1 heterocycles. The van der Waals surface area contributed by atoms with Crippen LogP contribution in [0.4, 0.5) is 0 Å². The van der Waals surface area contributed by atoms with E-state index in [4.69, 9.17) is 9.47 Å². The van der Waals surface area contributed by atoms with Gasteiger partial charge in [-0.15, -0.1) is 0 Å². The van der Waals surface area contributed by atoms with Gasteiger partial charge in [0, 0.05) is 6.04 Å². The molecule has 0 aliphatic carbocycles. The summed E-state index contributed by atoms with van der Waals surface area (Å²) in [5.74, 6) is 1.57. The second kappa shape index (κ2) is 5.93. The van der Waals surface area contributed by atoms with E-state index < -0.39 is 0 Å². The van der Waals surface area contributed by atoms with E-state index in [0.717, 1.165) is 28.9 Å². The predicted octanol–water partition coefficient (Wildman–Crippen LogP) is 3.07. The van der Waals surface area contributed by atoms with E-state index in [0.29, 0.717) is 6.04 Å². The number of aryl methyl sites for hydroxylation is 1. The Morgan fingerprint density at radius 2 is 2.17 bits per heavy atom. The first kappa shape index (κ1) is 13.7. The van der Waals surface area contributed by atoms with Crippen LogP contribution in [0.5, 0.6) is 11.5 Å². The maximum absolute atomic E-state index is 5.43. The SMILES string of the molecule is COc1cc(C)c(CC2CCCN2)c(Br)c1OC. The summed E-state index contributed by atoms with van der Waals surface area (Å²) in [7, 11) is 3.34. The lowest BCUT2D eigenvalue weighted by Gasteiger charge is -2.18. The normalized spacial score (nSPS) is 19.0. The lowest BCUT2D eigenvalue weighted by Crippen LogP contribution is -2.24. The highest BCUT2D eigenvalue weighted by Crippen LogP contribution is 2.40. The Labute approximate surface area is 117 Å². The molecule has 1 fully saturated rings. The minimum Gasteiger partial charge on any atom is -0.493 e. The monoisotopic (exact) mass is 313 g/mol. The topological polar surface area (TPSA) is 30.5 Å². The Morgan fingerprint density at radius 3 is 2.72 bits per heavy atom. The molecule has 100 valence electrons. The predicted molar refractivity (Wildman–Crippen MR) is 76.7 cm³/mol. The molecule has 4 heteroatoms. The van der Waals surface area contributed by atoms with E-state index in [1.54, 1.807) is 14.2 Å². The van der Waals surface area contributed by atoms with Crippen LogP contribution >= 0.6 is 15.9 Å². The first-order valence-electron chi connectivity index (χ1n) is 6.30. The molecule has 1 aliphatic heterocycles. The molecule has 0 radical (unpaired) electrons. The van der Waals surface area contributed by atoms with Gasteiger partial charge in [-0.2, -0.15) is 0 Å². The van der Waals surface area contributed by atoms with Gasteiger partial charge in [-0.25, -0.2) is 0 Å². The number of benzene rings is 1. The van der Waals surface area contributed by atoms with Crippen LogP contribution in [0.25, 0.3) is 0 Å². The Kier molecular flexibility index (Phi) is 4.51. The van der Waals surface area contributed by atoms with Crippen molar-refractivity contribution in [2.24, 2.45) is 0 Å². The largest absolute Gasteiger partial charge is 0.493 e. The third-order valence-electron chi connectivity index (χ3n) is 3.55. The van der Waals surface area contributed by atoms with Gasteiger partial charge in [0.1, 0.15) is 0 Å². The highest BCUT2D eigenvalue weighted by molar-refractivity contribution is 9.10. The lowest BCUT2D eigenvalue weighted by molar-refractivity contribution is 0.352. The van der Waals surface area contributed by atoms with Gasteiger partial charge in [0.15, 0.2) is 11.5 Å². The van der Waals surface area contributed by atoms with Crippen molar-refractivity contribution in [3.63, 3.8) is 0 Å². The van der Waals surface area contributed by atoms with Crippen molar-refractivity contribution in [2.75, 3.05) is 20.8 Å². The highest BCUT2D eigenvalue weighted by atomic mass is 79.9. The average molecular weight is 314 g/mol. The van der Waals surface area contributed by atoms with Crippen molar-refractivity contribution in [1.29, 1.82) is 0 Å². The summed E-state index contributed by atoms with van der Waals surface area (Å²) in [4.78, 5) is 0. The molecular weight excluding hydrogens is 294 g/mol. The summed E-state index contributed by atoms with van der Waals surface area (Å²) in [5.41, 5.74) is 2.56. The van der Waals surface area contributed by atoms with E-state index >= 15 is 0 Å². The van der Waals surface area contributed by atoms with Crippen LogP contribution in [0.3, 0.4) is 0 Å². The van der Waals surface area contributed by atoms with E-state index in [-0.39, 0.29) is 0 Å². The number of ether oxygens (including phenoxy) is 2. The lowest BCUT2D eigenvalue weighted by atomic mass is 9.99. The van der Waals surface area contributed by atoms with E-state index in [1.807, 2.05) is 6.07 Å². The summed E-state index contributed by atoms with van der Waals surface area (Å²) in [5, 5.41) is 3.53. The molecule has 0 spiro atoms. The molecule has 1 atom stereocenters. The van der Waals surface area contributed by atoms with Gasteiger partial charge >= 0.3 is 0 Å². The quantitative estimate of drug-likeness (QED) is 0.926. The zero-order valence-electron chi connectivity index (χ0n) is 11.2. The van der Waals surface area contributed by atoms with E-state index in [9.17, 15) is 0 Å². The first-order chi connectivity index (χ1) is 8.67.